The third kappa shape index (κ3) is 5.36. The Morgan fingerprint density at radius 2 is 1.21 bits per heavy atom. The first-order valence-electron chi connectivity index (χ1n) is 9.08. The van der Waals surface area contributed by atoms with Gasteiger partial charge in [-0.05, 0) is 42.3 Å². The number of Topliss-reactive ketones (excluding diaryl/α,β-unsaturated/α-hetero) is 2. The quantitative estimate of drug-likeness (QED) is 0.517. The lowest BCUT2D eigenvalue weighted by Crippen LogP contribution is -2.28. The Kier molecular flexibility index (Phi) is 6.33. The first-order chi connectivity index (χ1) is 13.5. The highest BCUT2D eigenvalue weighted by atomic mass is 19.1. The topological polar surface area (TPSA) is 43.4 Å². The minimum atomic E-state index is -2.11. The second-order valence-corrected chi connectivity index (χ2v) is 6.69. The summed E-state index contributed by atoms with van der Waals surface area (Å²) in [6.07, 6.45) is -2.33. The Morgan fingerprint density at radius 3 is 1.75 bits per heavy atom. The molecule has 0 saturated carbocycles. The number of hydrogen-bond acceptors (Lipinski definition) is 3. The summed E-state index contributed by atoms with van der Waals surface area (Å²) in [5.74, 6) is -0.113. The number of hydrogen-bond donors (Lipinski definition) is 0. The summed E-state index contributed by atoms with van der Waals surface area (Å²) in [5, 5.41) is 0. The van der Waals surface area contributed by atoms with Crippen LogP contribution in [0.4, 0.5) is 4.39 Å². The molecule has 3 aromatic rings. The van der Waals surface area contributed by atoms with Gasteiger partial charge >= 0.3 is 0 Å². The van der Waals surface area contributed by atoms with Gasteiger partial charge in [0.1, 0.15) is 11.5 Å². The molecule has 0 aromatic heterocycles. The number of alkyl halides is 1. The van der Waals surface area contributed by atoms with Gasteiger partial charge in [0, 0.05) is 12.8 Å². The summed E-state index contributed by atoms with van der Waals surface area (Å²) in [4.78, 5) is 24.2. The number of halogens is 1. The van der Waals surface area contributed by atoms with E-state index in [0.29, 0.717) is 22.6 Å². The molecule has 3 nitrogen and oxygen atoms in total. The van der Waals surface area contributed by atoms with Crippen molar-refractivity contribution in [2.24, 2.45) is 0 Å². The monoisotopic (exact) mass is 376 g/mol. The number of carbonyl (C=O) groups is 2. The molecule has 0 fully saturated rings. The molecule has 0 N–H and O–H groups in total. The van der Waals surface area contributed by atoms with E-state index in [9.17, 15) is 14.0 Å². The van der Waals surface area contributed by atoms with Crippen molar-refractivity contribution in [3.63, 3.8) is 0 Å². The second-order valence-electron chi connectivity index (χ2n) is 6.69. The number of ether oxygens (including phenoxy) is 1. The third-order valence-electron chi connectivity index (χ3n) is 4.34. The van der Waals surface area contributed by atoms with Crippen molar-refractivity contribution in [2.75, 3.05) is 0 Å². The number of ketones is 2. The number of benzene rings is 3. The lowest BCUT2D eigenvalue weighted by Gasteiger charge is -2.09. The first kappa shape index (κ1) is 19.5. The van der Waals surface area contributed by atoms with Gasteiger partial charge in [-0.3, -0.25) is 9.59 Å². The van der Waals surface area contributed by atoms with Gasteiger partial charge in [0.2, 0.25) is 6.17 Å². The van der Waals surface area contributed by atoms with Crippen molar-refractivity contribution < 1.29 is 18.7 Å². The summed E-state index contributed by atoms with van der Waals surface area (Å²) in [6, 6.07) is 23.4. The van der Waals surface area contributed by atoms with E-state index in [1.807, 2.05) is 49.4 Å². The van der Waals surface area contributed by atoms with Crippen LogP contribution in [0.2, 0.25) is 0 Å². The number of aryl methyl sites for hydroxylation is 1. The van der Waals surface area contributed by atoms with E-state index in [0.717, 1.165) is 5.56 Å². The lowest BCUT2D eigenvalue weighted by atomic mass is 9.99. The van der Waals surface area contributed by atoms with Crippen LogP contribution in [0.15, 0.2) is 78.9 Å². The standard InChI is InChI=1S/C24H21FO3/c1-17-7-9-18(10-8-17)15-22(26)24(25)23(27)16-19-11-13-21(14-12-19)28-20-5-3-2-4-6-20/h2-14,24H,15-16H2,1H3. The Hall–Kier alpha value is -3.27. The van der Waals surface area contributed by atoms with Crippen molar-refractivity contribution >= 4 is 11.6 Å². The zero-order valence-corrected chi connectivity index (χ0v) is 15.6. The van der Waals surface area contributed by atoms with E-state index < -0.39 is 17.7 Å². The van der Waals surface area contributed by atoms with Crippen LogP contribution in [-0.2, 0) is 22.4 Å². The van der Waals surface area contributed by atoms with Gasteiger partial charge in [-0.1, -0.05) is 60.2 Å². The lowest BCUT2D eigenvalue weighted by molar-refractivity contribution is -0.133. The maximum atomic E-state index is 14.3. The van der Waals surface area contributed by atoms with Crippen LogP contribution in [0.5, 0.6) is 11.5 Å². The van der Waals surface area contributed by atoms with Crippen LogP contribution < -0.4 is 4.74 Å². The van der Waals surface area contributed by atoms with Gasteiger partial charge in [0.25, 0.3) is 0 Å². The summed E-state index contributed by atoms with van der Waals surface area (Å²) in [6.45, 7) is 1.93. The highest BCUT2D eigenvalue weighted by molar-refractivity contribution is 6.06. The van der Waals surface area contributed by atoms with Crippen LogP contribution in [0.25, 0.3) is 0 Å². The molecule has 1 atom stereocenters. The molecule has 3 aromatic carbocycles. The van der Waals surface area contributed by atoms with Crippen molar-refractivity contribution in [1.29, 1.82) is 0 Å². The van der Waals surface area contributed by atoms with Crippen LogP contribution in [-0.4, -0.2) is 17.7 Å². The summed E-state index contributed by atoms with van der Waals surface area (Å²) in [7, 11) is 0. The molecule has 0 heterocycles. The van der Waals surface area contributed by atoms with Crippen LogP contribution in [0, 0.1) is 6.92 Å². The smallest absolute Gasteiger partial charge is 0.216 e. The zero-order valence-electron chi connectivity index (χ0n) is 15.6. The van der Waals surface area contributed by atoms with Crippen LogP contribution in [0.3, 0.4) is 0 Å². The normalized spacial score (nSPS) is 11.6. The van der Waals surface area contributed by atoms with Crippen molar-refractivity contribution in [2.45, 2.75) is 25.9 Å². The first-order valence-corrected chi connectivity index (χ1v) is 9.08. The van der Waals surface area contributed by atoms with Crippen molar-refractivity contribution in [1.82, 2.24) is 0 Å². The van der Waals surface area contributed by atoms with Crippen LogP contribution in [0.1, 0.15) is 16.7 Å². The predicted octanol–water partition coefficient (Wildman–Crippen LogP) is 5.05. The minimum Gasteiger partial charge on any atom is -0.457 e. The number of para-hydroxylation sites is 1. The number of carbonyl (C=O) groups excluding carboxylic acids is 2. The molecule has 0 radical (unpaired) electrons. The molecule has 142 valence electrons. The SMILES string of the molecule is Cc1ccc(CC(=O)C(F)C(=O)Cc2ccc(Oc3ccccc3)cc2)cc1. The fourth-order valence-electron chi connectivity index (χ4n) is 2.77. The molecular weight excluding hydrogens is 355 g/mol. The number of rotatable bonds is 8. The molecule has 0 spiro atoms. The Labute approximate surface area is 163 Å². The molecule has 3 rings (SSSR count). The van der Waals surface area contributed by atoms with Gasteiger partial charge in [-0.25, -0.2) is 4.39 Å². The highest BCUT2D eigenvalue weighted by Crippen LogP contribution is 2.21. The molecular formula is C24H21FO3. The fourth-order valence-corrected chi connectivity index (χ4v) is 2.77. The molecule has 28 heavy (non-hydrogen) atoms. The molecule has 4 heteroatoms. The van der Waals surface area contributed by atoms with Crippen molar-refractivity contribution in [3.8, 4) is 11.5 Å². The third-order valence-corrected chi connectivity index (χ3v) is 4.34. The van der Waals surface area contributed by atoms with Gasteiger partial charge in [-0.15, -0.1) is 0 Å². The largest absolute Gasteiger partial charge is 0.457 e. The molecule has 1 unspecified atom stereocenters. The van der Waals surface area contributed by atoms with E-state index in [4.69, 9.17) is 4.74 Å². The maximum Gasteiger partial charge on any atom is 0.216 e. The average Bonchev–Trinajstić information content (AvgIpc) is 2.71. The van der Waals surface area contributed by atoms with Gasteiger partial charge in [0.15, 0.2) is 11.6 Å². The maximum absolute atomic E-state index is 14.3. The van der Waals surface area contributed by atoms with Crippen LogP contribution >= 0.6 is 0 Å². The Morgan fingerprint density at radius 1 is 0.750 bits per heavy atom. The summed E-state index contributed by atoms with van der Waals surface area (Å²) in [5.41, 5.74) is 2.40. The van der Waals surface area contributed by atoms with Gasteiger partial charge < -0.3 is 4.74 Å². The van der Waals surface area contributed by atoms with Gasteiger partial charge in [0.05, 0.1) is 0 Å². The van der Waals surface area contributed by atoms with E-state index in [1.54, 1.807) is 36.4 Å². The Balaban J connectivity index is 1.55. The molecule has 0 saturated heterocycles. The molecule has 0 bridgehead atoms. The van der Waals surface area contributed by atoms with E-state index in [1.165, 1.54) is 0 Å². The molecule has 0 aliphatic rings. The average molecular weight is 376 g/mol. The fraction of sp³-hybridized carbons (Fsp3) is 0.167. The Bertz CT molecular complexity index is 932. The van der Waals surface area contributed by atoms with E-state index in [-0.39, 0.29) is 12.8 Å². The predicted molar refractivity (Wildman–Crippen MR) is 106 cm³/mol. The highest BCUT2D eigenvalue weighted by Gasteiger charge is 2.25. The zero-order chi connectivity index (χ0) is 19.9. The molecule has 0 aliphatic heterocycles. The van der Waals surface area contributed by atoms with E-state index in [2.05, 4.69) is 0 Å². The van der Waals surface area contributed by atoms with E-state index >= 15 is 0 Å². The molecule has 0 amide bonds. The summed E-state index contributed by atoms with van der Waals surface area (Å²) < 4.78 is 20.0. The van der Waals surface area contributed by atoms with Crippen molar-refractivity contribution in [3.05, 3.63) is 95.6 Å². The second kappa shape index (κ2) is 9.09. The molecule has 0 aliphatic carbocycles. The summed E-state index contributed by atoms with van der Waals surface area (Å²) >= 11 is 0. The minimum absolute atomic E-state index is 0.0863. The van der Waals surface area contributed by atoms with Gasteiger partial charge in [-0.2, -0.15) is 0 Å².